The highest BCUT2D eigenvalue weighted by Gasteiger charge is 2.14. The average Bonchev–Trinajstić information content (AvgIpc) is 2.87. The maximum atomic E-state index is 12.5. The van der Waals surface area contributed by atoms with Crippen LogP contribution in [-0.2, 0) is 17.1 Å². The number of thiazole rings is 1. The van der Waals surface area contributed by atoms with Crippen LogP contribution in [0.1, 0.15) is 10.4 Å². The standard InChI is InChI=1S/C17H17N3O4S2/c1-19-14-8-7-12(10-15(14)25-17(19)22)18-16(21)11-5-4-6-13(9-11)20(2)26(3,23)24/h4-10H,1-3H3,(H,18,21). The Labute approximate surface area is 154 Å². The average molecular weight is 391 g/mol. The van der Waals surface area contributed by atoms with E-state index in [1.165, 1.54) is 13.1 Å². The molecule has 3 rings (SSSR count). The topological polar surface area (TPSA) is 88.5 Å². The fourth-order valence-corrected chi connectivity index (χ4v) is 3.86. The van der Waals surface area contributed by atoms with Crippen molar-refractivity contribution in [2.45, 2.75) is 0 Å². The molecule has 1 heterocycles. The van der Waals surface area contributed by atoms with Gasteiger partial charge in [-0.05, 0) is 36.4 Å². The van der Waals surface area contributed by atoms with Crippen molar-refractivity contribution in [2.24, 2.45) is 7.05 Å². The molecule has 0 radical (unpaired) electrons. The Hall–Kier alpha value is -2.65. The van der Waals surface area contributed by atoms with E-state index < -0.39 is 10.0 Å². The van der Waals surface area contributed by atoms with Gasteiger partial charge in [-0.1, -0.05) is 17.4 Å². The molecule has 0 saturated carbocycles. The van der Waals surface area contributed by atoms with E-state index in [0.717, 1.165) is 32.1 Å². The first-order chi connectivity index (χ1) is 12.2. The molecule has 1 N–H and O–H groups in total. The van der Waals surface area contributed by atoms with Crippen LogP contribution < -0.4 is 14.5 Å². The van der Waals surface area contributed by atoms with Gasteiger partial charge in [0, 0.05) is 25.3 Å². The molecule has 0 aliphatic heterocycles. The zero-order valence-corrected chi connectivity index (χ0v) is 16.0. The monoisotopic (exact) mass is 391 g/mol. The lowest BCUT2D eigenvalue weighted by molar-refractivity contribution is 0.102. The minimum atomic E-state index is -3.41. The van der Waals surface area contributed by atoms with Gasteiger partial charge in [-0.3, -0.25) is 13.9 Å². The molecule has 2 aromatic carbocycles. The highest BCUT2D eigenvalue weighted by molar-refractivity contribution is 7.92. The van der Waals surface area contributed by atoms with Crippen LogP contribution in [0, 0.1) is 0 Å². The van der Waals surface area contributed by atoms with Gasteiger partial charge >= 0.3 is 4.87 Å². The first-order valence-electron chi connectivity index (χ1n) is 7.62. The molecule has 0 aliphatic rings. The van der Waals surface area contributed by atoms with E-state index >= 15 is 0 Å². The lowest BCUT2D eigenvalue weighted by Crippen LogP contribution is -2.25. The van der Waals surface area contributed by atoms with E-state index in [1.807, 2.05) is 0 Å². The molecule has 0 saturated heterocycles. The molecule has 3 aromatic rings. The zero-order valence-electron chi connectivity index (χ0n) is 14.4. The smallest absolute Gasteiger partial charge is 0.307 e. The summed E-state index contributed by atoms with van der Waals surface area (Å²) in [6, 6.07) is 11.6. The van der Waals surface area contributed by atoms with Gasteiger partial charge in [-0.25, -0.2) is 8.42 Å². The first kappa shape index (κ1) is 18.2. The van der Waals surface area contributed by atoms with E-state index in [-0.39, 0.29) is 10.8 Å². The van der Waals surface area contributed by atoms with E-state index in [2.05, 4.69) is 5.32 Å². The summed E-state index contributed by atoms with van der Waals surface area (Å²) >= 11 is 1.11. The van der Waals surface area contributed by atoms with Crippen molar-refractivity contribution in [3.8, 4) is 0 Å². The lowest BCUT2D eigenvalue weighted by Gasteiger charge is -2.17. The second-order valence-electron chi connectivity index (χ2n) is 5.84. The van der Waals surface area contributed by atoms with Crippen molar-refractivity contribution in [2.75, 3.05) is 22.9 Å². The Bertz CT molecular complexity index is 1160. The number of aryl methyl sites for hydroxylation is 1. The quantitative estimate of drug-likeness (QED) is 0.739. The molecule has 0 bridgehead atoms. The summed E-state index contributed by atoms with van der Waals surface area (Å²) in [5.41, 5.74) is 2.09. The zero-order chi connectivity index (χ0) is 19.1. The van der Waals surface area contributed by atoms with Crippen molar-refractivity contribution in [3.05, 3.63) is 57.7 Å². The summed E-state index contributed by atoms with van der Waals surface area (Å²) in [4.78, 5) is 24.2. The van der Waals surface area contributed by atoms with Crippen LogP contribution in [0.25, 0.3) is 10.2 Å². The summed E-state index contributed by atoms with van der Waals surface area (Å²) in [5.74, 6) is -0.364. The third kappa shape index (κ3) is 3.49. The van der Waals surface area contributed by atoms with Gasteiger partial charge in [0.25, 0.3) is 5.91 Å². The second-order valence-corrected chi connectivity index (χ2v) is 8.85. The highest BCUT2D eigenvalue weighted by Crippen LogP contribution is 2.22. The molecule has 1 amide bonds. The van der Waals surface area contributed by atoms with Gasteiger partial charge < -0.3 is 9.88 Å². The van der Waals surface area contributed by atoms with Gasteiger partial charge in [0.05, 0.1) is 22.2 Å². The summed E-state index contributed by atoms with van der Waals surface area (Å²) in [6.07, 6.45) is 1.10. The van der Waals surface area contributed by atoms with Crippen molar-refractivity contribution in [1.29, 1.82) is 0 Å². The molecule has 0 spiro atoms. The fraction of sp³-hybridized carbons (Fsp3) is 0.176. The van der Waals surface area contributed by atoms with Crippen LogP contribution >= 0.6 is 11.3 Å². The Morgan fingerprint density at radius 2 is 1.92 bits per heavy atom. The molecular formula is C17H17N3O4S2. The van der Waals surface area contributed by atoms with Gasteiger partial charge in [0.1, 0.15) is 0 Å². The van der Waals surface area contributed by atoms with Crippen molar-refractivity contribution in [1.82, 2.24) is 4.57 Å². The Kier molecular flexibility index (Phi) is 4.59. The molecule has 26 heavy (non-hydrogen) atoms. The molecule has 7 nitrogen and oxygen atoms in total. The number of nitrogens with one attached hydrogen (secondary N) is 1. The van der Waals surface area contributed by atoms with Crippen LogP contribution in [0.4, 0.5) is 11.4 Å². The van der Waals surface area contributed by atoms with E-state index in [9.17, 15) is 18.0 Å². The molecule has 1 aromatic heterocycles. The van der Waals surface area contributed by atoms with Crippen LogP contribution in [0.3, 0.4) is 0 Å². The SMILES string of the molecule is CN(c1cccc(C(=O)Nc2ccc3c(c2)sc(=O)n3C)c1)S(C)(=O)=O. The van der Waals surface area contributed by atoms with E-state index in [0.29, 0.717) is 16.9 Å². The van der Waals surface area contributed by atoms with Gasteiger partial charge in [0.15, 0.2) is 0 Å². The molecule has 136 valence electrons. The van der Waals surface area contributed by atoms with Crippen molar-refractivity contribution < 1.29 is 13.2 Å². The number of carbonyl (C=O) groups excluding carboxylic acids is 1. The first-order valence-corrected chi connectivity index (χ1v) is 10.3. The minimum Gasteiger partial charge on any atom is -0.322 e. The predicted molar refractivity (Wildman–Crippen MR) is 105 cm³/mol. The number of hydrogen-bond acceptors (Lipinski definition) is 5. The molecule has 0 atom stereocenters. The van der Waals surface area contributed by atoms with Gasteiger partial charge in [-0.15, -0.1) is 0 Å². The fourth-order valence-electron chi connectivity index (χ4n) is 2.45. The number of benzene rings is 2. The van der Waals surface area contributed by atoms with Crippen LogP contribution in [-0.4, -0.2) is 32.2 Å². The molecule has 0 unspecified atom stereocenters. The summed E-state index contributed by atoms with van der Waals surface area (Å²) < 4.78 is 26.8. The van der Waals surface area contributed by atoms with Crippen molar-refractivity contribution in [3.63, 3.8) is 0 Å². The number of sulfonamides is 1. The number of fused-ring (bicyclic) bond motifs is 1. The number of hydrogen-bond donors (Lipinski definition) is 1. The summed E-state index contributed by atoms with van der Waals surface area (Å²) in [7, 11) is -0.286. The maximum Gasteiger partial charge on any atom is 0.307 e. The number of rotatable bonds is 4. The largest absolute Gasteiger partial charge is 0.322 e. The van der Waals surface area contributed by atoms with E-state index in [1.54, 1.807) is 48.0 Å². The van der Waals surface area contributed by atoms with Gasteiger partial charge in [-0.2, -0.15) is 0 Å². The molecule has 0 aliphatic carbocycles. The second kappa shape index (κ2) is 6.58. The predicted octanol–water partition coefficient (Wildman–Crippen LogP) is 2.25. The molecule has 9 heteroatoms. The number of carbonyl (C=O) groups is 1. The van der Waals surface area contributed by atoms with Crippen molar-refractivity contribution >= 4 is 48.9 Å². The summed E-state index contributed by atoms with van der Waals surface area (Å²) in [5, 5.41) is 2.77. The molecular weight excluding hydrogens is 374 g/mol. The Balaban J connectivity index is 1.87. The number of amides is 1. The Morgan fingerprint density at radius 3 is 2.62 bits per heavy atom. The van der Waals surface area contributed by atoms with Gasteiger partial charge in [0.2, 0.25) is 10.0 Å². The normalized spacial score (nSPS) is 11.5. The van der Waals surface area contributed by atoms with Crippen LogP contribution in [0.15, 0.2) is 47.3 Å². The highest BCUT2D eigenvalue weighted by atomic mass is 32.2. The third-order valence-electron chi connectivity index (χ3n) is 4.02. The third-order valence-corrected chi connectivity index (χ3v) is 6.22. The minimum absolute atomic E-state index is 0.0695. The maximum absolute atomic E-state index is 12.5. The lowest BCUT2D eigenvalue weighted by atomic mass is 10.2. The molecule has 0 fully saturated rings. The van der Waals surface area contributed by atoms with Crippen LogP contribution in [0.5, 0.6) is 0 Å². The summed E-state index contributed by atoms with van der Waals surface area (Å²) in [6.45, 7) is 0. The van der Waals surface area contributed by atoms with Crippen LogP contribution in [0.2, 0.25) is 0 Å². The number of aromatic nitrogens is 1. The number of nitrogens with zero attached hydrogens (tertiary/aromatic N) is 2. The Morgan fingerprint density at radius 1 is 1.19 bits per heavy atom. The number of anilines is 2. The van der Waals surface area contributed by atoms with E-state index in [4.69, 9.17) is 0 Å².